The number of fused-ring (bicyclic) bond motifs is 4. The number of benzene rings is 2. The van der Waals surface area contributed by atoms with E-state index < -0.39 is 6.17 Å². The summed E-state index contributed by atoms with van der Waals surface area (Å²) in [5.41, 5.74) is 1.76. The van der Waals surface area contributed by atoms with Crippen LogP contribution in [-0.2, 0) is 0 Å². The Hall–Kier alpha value is -2.95. The molecule has 25 heavy (non-hydrogen) atoms. The Morgan fingerprint density at radius 3 is 2.20 bits per heavy atom. The zero-order chi connectivity index (χ0) is 17.6. The Morgan fingerprint density at radius 2 is 1.48 bits per heavy atom. The van der Waals surface area contributed by atoms with Crippen molar-refractivity contribution >= 4 is 23.3 Å². The molecule has 2 heterocycles. The highest BCUT2D eigenvalue weighted by Crippen LogP contribution is 2.37. The van der Waals surface area contributed by atoms with Gasteiger partial charge in [0.1, 0.15) is 0 Å². The van der Waals surface area contributed by atoms with E-state index in [2.05, 4.69) is 0 Å². The van der Waals surface area contributed by atoms with Crippen LogP contribution in [0.2, 0.25) is 0 Å². The molecule has 0 radical (unpaired) electrons. The Kier molecular flexibility index (Phi) is 3.64. The minimum atomic E-state index is -0.892. The average Bonchev–Trinajstić information content (AvgIpc) is 2.65. The van der Waals surface area contributed by atoms with Gasteiger partial charge in [-0.1, -0.05) is 43.7 Å². The molecular formula is C20H18N2O3. The summed E-state index contributed by atoms with van der Waals surface area (Å²) in [6.45, 7) is 2.48. The highest BCUT2D eigenvalue weighted by atomic mass is 16.2. The largest absolute Gasteiger partial charge is 0.311 e. The van der Waals surface area contributed by atoms with Gasteiger partial charge in [-0.05, 0) is 24.6 Å². The number of ketones is 1. The van der Waals surface area contributed by atoms with Crippen molar-refractivity contribution in [2.24, 2.45) is 0 Å². The Balaban J connectivity index is 1.93. The lowest BCUT2D eigenvalue weighted by molar-refractivity contribution is 0.0552. The molecule has 2 amide bonds. The number of hydrogen-bond donors (Lipinski definition) is 0. The van der Waals surface area contributed by atoms with E-state index in [1.54, 1.807) is 53.4 Å². The zero-order valence-electron chi connectivity index (χ0n) is 13.9. The van der Waals surface area contributed by atoms with E-state index in [9.17, 15) is 14.4 Å². The molecule has 5 heteroatoms. The van der Waals surface area contributed by atoms with E-state index in [1.165, 1.54) is 4.90 Å². The van der Waals surface area contributed by atoms with Crippen molar-refractivity contribution in [2.45, 2.75) is 25.9 Å². The van der Waals surface area contributed by atoms with Crippen LogP contribution in [0.5, 0.6) is 0 Å². The summed E-state index contributed by atoms with van der Waals surface area (Å²) in [5.74, 6) is -0.623. The number of hydrogen-bond acceptors (Lipinski definition) is 3. The molecule has 2 aromatic rings. The average molecular weight is 334 g/mol. The van der Waals surface area contributed by atoms with Crippen molar-refractivity contribution in [2.75, 3.05) is 11.4 Å². The lowest BCUT2D eigenvalue weighted by atomic mass is 9.91. The standard InChI is InChI=1S/C20H18N2O3/c1-2-3-12-21-18-17(23)13-8-4-5-9-14(13)20(25)22(18)16-11-7-6-10-15(16)19(21)24/h4-11,18H,2-3,12H2,1H3. The fraction of sp³-hybridized carbons (Fsp3) is 0.250. The Labute approximate surface area is 145 Å². The van der Waals surface area contributed by atoms with Crippen molar-refractivity contribution in [1.82, 2.24) is 4.90 Å². The molecule has 1 atom stereocenters. The number of para-hydroxylation sites is 1. The summed E-state index contributed by atoms with van der Waals surface area (Å²) < 4.78 is 0. The fourth-order valence-electron chi connectivity index (χ4n) is 3.59. The molecule has 0 spiro atoms. The molecule has 2 aliphatic heterocycles. The maximum absolute atomic E-state index is 13.1. The predicted molar refractivity (Wildman–Crippen MR) is 93.8 cm³/mol. The molecule has 0 aliphatic carbocycles. The molecule has 126 valence electrons. The number of Topliss-reactive ketones (excluding diaryl/α,β-unsaturated/α-hetero) is 1. The third-order valence-electron chi connectivity index (χ3n) is 4.82. The molecule has 4 rings (SSSR count). The highest BCUT2D eigenvalue weighted by molar-refractivity contribution is 6.25. The van der Waals surface area contributed by atoms with E-state index in [0.29, 0.717) is 28.9 Å². The number of unbranched alkanes of at least 4 members (excludes halogenated alkanes) is 1. The first-order valence-electron chi connectivity index (χ1n) is 8.52. The van der Waals surface area contributed by atoms with Crippen LogP contribution >= 0.6 is 0 Å². The Bertz CT molecular complexity index is 890. The molecule has 2 aromatic carbocycles. The second-order valence-electron chi connectivity index (χ2n) is 6.33. The van der Waals surface area contributed by atoms with Crippen LogP contribution in [0.1, 0.15) is 50.8 Å². The first-order valence-corrected chi connectivity index (χ1v) is 8.52. The highest BCUT2D eigenvalue weighted by Gasteiger charge is 2.48. The predicted octanol–water partition coefficient (Wildman–Crippen LogP) is 3.11. The van der Waals surface area contributed by atoms with Crippen LogP contribution in [0, 0.1) is 0 Å². The lowest BCUT2D eigenvalue weighted by Gasteiger charge is -2.45. The summed E-state index contributed by atoms with van der Waals surface area (Å²) in [6, 6.07) is 13.8. The molecule has 0 N–H and O–H groups in total. The molecule has 5 nitrogen and oxygen atoms in total. The van der Waals surface area contributed by atoms with Crippen molar-refractivity contribution in [3.63, 3.8) is 0 Å². The van der Waals surface area contributed by atoms with Gasteiger partial charge in [0.05, 0.1) is 16.8 Å². The van der Waals surface area contributed by atoms with E-state index in [1.807, 2.05) is 6.92 Å². The van der Waals surface area contributed by atoms with Gasteiger partial charge in [-0.25, -0.2) is 0 Å². The van der Waals surface area contributed by atoms with Crippen molar-refractivity contribution < 1.29 is 14.4 Å². The quantitative estimate of drug-likeness (QED) is 0.866. The smallest absolute Gasteiger partial charge is 0.261 e. The van der Waals surface area contributed by atoms with Crippen LogP contribution in [0.4, 0.5) is 5.69 Å². The van der Waals surface area contributed by atoms with E-state index in [4.69, 9.17) is 0 Å². The summed E-state index contributed by atoms with van der Waals surface area (Å²) >= 11 is 0. The van der Waals surface area contributed by atoms with E-state index >= 15 is 0 Å². The van der Waals surface area contributed by atoms with Gasteiger partial charge in [-0.15, -0.1) is 0 Å². The van der Waals surface area contributed by atoms with Crippen molar-refractivity contribution in [3.8, 4) is 0 Å². The molecule has 0 saturated heterocycles. The van der Waals surface area contributed by atoms with Gasteiger partial charge in [-0.2, -0.15) is 0 Å². The second-order valence-corrected chi connectivity index (χ2v) is 6.33. The van der Waals surface area contributed by atoms with Gasteiger partial charge in [-0.3, -0.25) is 19.3 Å². The summed E-state index contributed by atoms with van der Waals surface area (Å²) in [4.78, 5) is 42.3. The fourth-order valence-corrected chi connectivity index (χ4v) is 3.59. The maximum atomic E-state index is 13.1. The third-order valence-corrected chi connectivity index (χ3v) is 4.82. The summed E-state index contributed by atoms with van der Waals surface area (Å²) in [5, 5.41) is 0. The van der Waals surface area contributed by atoms with Crippen LogP contribution in [0.15, 0.2) is 48.5 Å². The molecule has 0 fully saturated rings. The first-order chi connectivity index (χ1) is 12.1. The monoisotopic (exact) mass is 334 g/mol. The zero-order valence-corrected chi connectivity index (χ0v) is 13.9. The first kappa shape index (κ1) is 15.6. The van der Waals surface area contributed by atoms with Gasteiger partial charge in [0, 0.05) is 12.1 Å². The van der Waals surface area contributed by atoms with Crippen LogP contribution < -0.4 is 4.90 Å². The molecule has 0 aromatic heterocycles. The molecule has 0 bridgehead atoms. The van der Waals surface area contributed by atoms with Crippen LogP contribution in [0.25, 0.3) is 0 Å². The molecule has 0 saturated carbocycles. The Morgan fingerprint density at radius 1 is 0.840 bits per heavy atom. The molecule has 1 unspecified atom stereocenters. The molecular weight excluding hydrogens is 316 g/mol. The number of carbonyl (C=O) groups is 3. The third kappa shape index (κ3) is 2.19. The van der Waals surface area contributed by atoms with Crippen molar-refractivity contribution in [3.05, 3.63) is 65.2 Å². The van der Waals surface area contributed by atoms with E-state index in [-0.39, 0.29) is 17.6 Å². The number of carbonyl (C=O) groups excluding carboxylic acids is 3. The van der Waals surface area contributed by atoms with Gasteiger partial charge in [0.25, 0.3) is 11.8 Å². The second kappa shape index (κ2) is 5.84. The van der Waals surface area contributed by atoms with Crippen LogP contribution in [-0.4, -0.2) is 35.2 Å². The minimum absolute atomic E-state index is 0.189. The molecule has 2 aliphatic rings. The van der Waals surface area contributed by atoms with E-state index in [0.717, 1.165) is 12.8 Å². The SMILES string of the molecule is CCCCN1C(=O)c2ccccc2N2C(=O)c3ccccc3C(=O)C12. The van der Waals surface area contributed by atoms with Gasteiger partial charge in [0.2, 0.25) is 5.78 Å². The topological polar surface area (TPSA) is 57.7 Å². The summed E-state index contributed by atoms with van der Waals surface area (Å²) in [7, 11) is 0. The number of rotatable bonds is 3. The van der Waals surface area contributed by atoms with Crippen molar-refractivity contribution in [1.29, 1.82) is 0 Å². The van der Waals surface area contributed by atoms with Gasteiger partial charge in [0.15, 0.2) is 6.17 Å². The number of nitrogens with zero attached hydrogens (tertiary/aromatic N) is 2. The van der Waals surface area contributed by atoms with Gasteiger partial charge >= 0.3 is 0 Å². The summed E-state index contributed by atoms with van der Waals surface area (Å²) in [6.07, 6.45) is 0.787. The number of amides is 2. The lowest BCUT2D eigenvalue weighted by Crippen LogP contribution is -2.63. The maximum Gasteiger partial charge on any atom is 0.261 e. The van der Waals surface area contributed by atoms with Crippen LogP contribution in [0.3, 0.4) is 0 Å². The van der Waals surface area contributed by atoms with Gasteiger partial charge < -0.3 is 4.90 Å². The minimum Gasteiger partial charge on any atom is -0.311 e. The number of anilines is 1. The normalized spacial score (nSPS) is 18.8.